The normalized spacial score (nSPS) is 27.9. The van der Waals surface area contributed by atoms with E-state index in [-0.39, 0.29) is 0 Å². The third-order valence-corrected chi connectivity index (χ3v) is 5.32. The standard InChI is InChI=1S/C15H24N2S/c1-2-14(15-5-3-10-18-15)17-9-4-8-16-13(11-17)12-6-7-12/h3,5,10,12-14,16H,2,4,6-9,11H2,1H3. The zero-order chi connectivity index (χ0) is 12.4. The molecule has 1 aromatic heterocycles. The second-order valence-corrected chi connectivity index (χ2v) is 6.67. The molecule has 100 valence electrons. The Bertz CT molecular complexity index is 359. The molecule has 1 N–H and O–H groups in total. The van der Waals surface area contributed by atoms with Crippen LogP contribution in [0, 0.1) is 5.92 Å². The Labute approximate surface area is 114 Å². The summed E-state index contributed by atoms with van der Waals surface area (Å²) in [4.78, 5) is 4.28. The van der Waals surface area contributed by atoms with Gasteiger partial charge in [0.1, 0.15) is 0 Å². The molecule has 3 heteroatoms. The lowest BCUT2D eigenvalue weighted by Crippen LogP contribution is -2.40. The molecule has 0 amide bonds. The van der Waals surface area contributed by atoms with Gasteiger partial charge in [-0.15, -0.1) is 11.3 Å². The highest BCUT2D eigenvalue weighted by molar-refractivity contribution is 7.10. The van der Waals surface area contributed by atoms with Crippen LogP contribution in [0.15, 0.2) is 17.5 Å². The highest BCUT2D eigenvalue weighted by atomic mass is 32.1. The average molecular weight is 264 g/mol. The van der Waals surface area contributed by atoms with Gasteiger partial charge < -0.3 is 5.32 Å². The topological polar surface area (TPSA) is 15.3 Å². The number of thiophene rings is 1. The van der Waals surface area contributed by atoms with E-state index in [0.717, 1.165) is 12.0 Å². The summed E-state index contributed by atoms with van der Waals surface area (Å²) in [6.45, 7) is 6.04. The van der Waals surface area contributed by atoms with Gasteiger partial charge in [-0.05, 0) is 49.6 Å². The molecule has 0 spiro atoms. The summed E-state index contributed by atoms with van der Waals surface area (Å²) in [5.41, 5.74) is 0. The maximum absolute atomic E-state index is 3.76. The van der Waals surface area contributed by atoms with E-state index in [1.807, 2.05) is 11.3 Å². The van der Waals surface area contributed by atoms with Gasteiger partial charge in [-0.2, -0.15) is 0 Å². The zero-order valence-electron chi connectivity index (χ0n) is 11.3. The monoisotopic (exact) mass is 264 g/mol. The molecule has 2 unspecified atom stereocenters. The van der Waals surface area contributed by atoms with E-state index in [9.17, 15) is 0 Å². The molecule has 3 rings (SSSR count). The molecule has 2 atom stereocenters. The fourth-order valence-electron chi connectivity index (χ4n) is 3.20. The van der Waals surface area contributed by atoms with Crippen molar-refractivity contribution >= 4 is 11.3 Å². The summed E-state index contributed by atoms with van der Waals surface area (Å²) >= 11 is 1.92. The predicted octanol–water partition coefficient (Wildman–Crippen LogP) is 3.27. The number of nitrogens with one attached hydrogen (secondary N) is 1. The fraction of sp³-hybridized carbons (Fsp3) is 0.733. The third-order valence-electron chi connectivity index (χ3n) is 4.35. The Kier molecular flexibility index (Phi) is 4.02. The van der Waals surface area contributed by atoms with E-state index in [0.29, 0.717) is 6.04 Å². The minimum absolute atomic E-state index is 0.645. The SMILES string of the molecule is CCC(c1cccs1)N1CCCNC(C2CC2)C1. The van der Waals surface area contributed by atoms with E-state index in [4.69, 9.17) is 0 Å². The molecule has 1 aliphatic carbocycles. The van der Waals surface area contributed by atoms with E-state index >= 15 is 0 Å². The highest BCUT2D eigenvalue weighted by Crippen LogP contribution is 2.36. The first-order valence-electron chi connectivity index (χ1n) is 7.39. The van der Waals surface area contributed by atoms with Crippen molar-refractivity contribution in [2.24, 2.45) is 5.92 Å². The van der Waals surface area contributed by atoms with Gasteiger partial charge >= 0.3 is 0 Å². The van der Waals surface area contributed by atoms with Crippen LogP contribution in [0.25, 0.3) is 0 Å². The van der Waals surface area contributed by atoms with Crippen LogP contribution in [-0.4, -0.2) is 30.6 Å². The van der Waals surface area contributed by atoms with Gasteiger partial charge in [-0.25, -0.2) is 0 Å². The van der Waals surface area contributed by atoms with Crippen LogP contribution in [0.4, 0.5) is 0 Å². The van der Waals surface area contributed by atoms with Crippen LogP contribution in [0.5, 0.6) is 0 Å². The predicted molar refractivity (Wildman–Crippen MR) is 78.1 cm³/mol. The summed E-state index contributed by atoms with van der Waals surface area (Å²) < 4.78 is 0. The van der Waals surface area contributed by atoms with Crippen LogP contribution in [0.3, 0.4) is 0 Å². The Morgan fingerprint density at radius 3 is 3.06 bits per heavy atom. The molecule has 2 fully saturated rings. The number of nitrogens with zero attached hydrogens (tertiary/aromatic N) is 1. The highest BCUT2D eigenvalue weighted by Gasteiger charge is 2.34. The van der Waals surface area contributed by atoms with E-state index in [1.165, 1.54) is 45.3 Å². The smallest absolute Gasteiger partial charge is 0.0439 e. The van der Waals surface area contributed by atoms with Crippen LogP contribution < -0.4 is 5.32 Å². The first-order valence-corrected chi connectivity index (χ1v) is 8.27. The lowest BCUT2D eigenvalue weighted by molar-refractivity contribution is 0.186. The van der Waals surface area contributed by atoms with Gasteiger partial charge in [0.05, 0.1) is 0 Å². The molecule has 0 radical (unpaired) electrons. The zero-order valence-corrected chi connectivity index (χ0v) is 12.1. The van der Waals surface area contributed by atoms with E-state index in [1.54, 1.807) is 4.88 Å². The Hall–Kier alpha value is -0.380. The Balaban J connectivity index is 1.71. The van der Waals surface area contributed by atoms with Gasteiger partial charge in [0.15, 0.2) is 0 Å². The van der Waals surface area contributed by atoms with E-state index < -0.39 is 0 Å². The molecule has 2 heterocycles. The first kappa shape index (κ1) is 12.6. The van der Waals surface area contributed by atoms with Crippen molar-refractivity contribution in [1.29, 1.82) is 0 Å². The van der Waals surface area contributed by atoms with Gasteiger partial charge in [0.25, 0.3) is 0 Å². The van der Waals surface area contributed by atoms with Crippen molar-refractivity contribution in [2.45, 2.75) is 44.7 Å². The average Bonchev–Trinajstić information content (AvgIpc) is 3.13. The fourth-order valence-corrected chi connectivity index (χ4v) is 4.14. The van der Waals surface area contributed by atoms with Crippen LogP contribution >= 0.6 is 11.3 Å². The number of rotatable bonds is 4. The molecule has 1 aliphatic heterocycles. The largest absolute Gasteiger partial charge is 0.312 e. The molecular weight excluding hydrogens is 240 g/mol. The molecule has 0 bridgehead atoms. The summed E-state index contributed by atoms with van der Waals surface area (Å²) in [7, 11) is 0. The Morgan fingerprint density at radius 2 is 2.39 bits per heavy atom. The van der Waals surface area contributed by atoms with Crippen molar-refractivity contribution in [3.8, 4) is 0 Å². The number of hydrogen-bond acceptors (Lipinski definition) is 3. The number of hydrogen-bond donors (Lipinski definition) is 1. The minimum atomic E-state index is 0.645. The van der Waals surface area contributed by atoms with Crippen LogP contribution in [-0.2, 0) is 0 Å². The van der Waals surface area contributed by atoms with Crippen molar-refractivity contribution in [1.82, 2.24) is 10.2 Å². The molecule has 1 saturated heterocycles. The maximum Gasteiger partial charge on any atom is 0.0439 e. The first-order chi connectivity index (χ1) is 8.88. The summed E-state index contributed by atoms with van der Waals surface area (Å²) in [5, 5.41) is 5.97. The van der Waals surface area contributed by atoms with E-state index in [2.05, 4.69) is 34.7 Å². The molecular formula is C15H24N2S. The molecule has 2 aliphatic rings. The van der Waals surface area contributed by atoms with Crippen molar-refractivity contribution < 1.29 is 0 Å². The van der Waals surface area contributed by atoms with Gasteiger partial charge in [-0.3, -0.25) is 4.90 Å². The van der Waals surface area contributed by atoms with Gasteiger partial charge in [-0.1, -0.05) is 13.0 Å². The molecule has 2 nitrogen and oxygen atoms in total. The summed E-state index contributed by atoms with van der Waals surface area (Å²) in [5.74, 6) is 0.964. The molecule has 1 saturated carbocycles. The Morgan fingerprint density at radius 1 is 1.50 bits per heavy atom. The molecule has 0 aromatic carbocycles. The van der Waals surface area contributed by atoms with Crippen molar-refractivity contribution in [3.05, 3.63) is 22.4 Å². The maximum atomic E-state index is 3.76. The summed E-state index contributed by atoms with van der Waals surface area (Å²) in [6, 6.07) is 5.90. The molecule has 18 heavy (non-hydrogen) atoms. The summed E-state index contributed by atoms with van der Waals surface area (Å²) in [6.07, 6.45) is 5.42. The quantitative estimate of drug-likeness (QED) is 0.898. The van der Waals surface area contributed by atoms with Gasteiger partial charge in [0, 0.05) is 30.1 Å². The van der Waals surface area contributed by atoms with Crippen molar-refractivity contribution in [3.63, 3.8) is 0 Å². The van der Waals surface area contributed by atoms with Crippen molar-refractivity contribution in [2.75, 3.05) is 19.6 Å². The molecule has 1 aromatic rings. The minimum Gasteiger partial charge on any atom is -0.312 e. The van der Waals surface area contributed by atoms with Crippen LogP contribution in [0.2, 0.25) is 0 Å². The lowest BCUT2D eigenvalue weighted by atomic mass is 10.1. The third kappa shape index (κ3) is 2.79. The lowest BCUT2D eigenvalue weighted by Gasteiger charge is -2.31. The second-order valence-electron chi connectivity index (χ2n) is 5.69. The van der Waals surface area contributed by atoms with Gasteiger partial charge in [0.2, 0.25) is 0 Å². The second kappa shape index (κ2) is 5.72. The van der Waals surface area contributed by atoms with Crippen LogP contribution in [0.1, 0.15) is 43.5 Å².